The fraction of sp³-hybridized carbons (Fsp3) is 0.357. The monoisotopic (exact) mass is 229 g/mol. The number of aromatic nitrogens is 2. The summed E-state index contributed by atoms with van der Waals surface area (Å²) >= 11 is 0. The Kier molecular flexibility index (Phi) is 3.59. The highest BCUT2D eigenvalue weighted by atomic mass is 15.1. The van der Waals surface area contributed by atoms with E-state index in [1.54, 1.807) is 0 Å². The Bertz CT molecular complexity index is 468. The summed E-state index contributed by atoms with van der Waals surface area (Å²) < 4.78 is 2.04. The number of hydrogen-bond donors (Lipinski definition) is 1. The quantitative estimate of drug-likeness (QED) is 0.876. The summed E-state index contributed by atoms with van der Waals surface area (Å²) in [4.78, 5) is 4.16. The molecule has 0 saturated carbocycles. The number of imidazole rings is 1. The maximum Gasteiger partial charge on any atom is 0.0994 e. The molecule has 0 unspecified atom stereocenters. The van der Waals surface area contributed by atoms with E-state index in [0.717, 1.165) is 17.8 Å². The zero-order valence-electron chi connectivity index (χ0n) is 10.4. The Balaban J connectivity index is 2.30. The van der Waals surface area contributed by atoms with Gasteiger partial charge in [0.25, 0.3) is 0 Å². The fourth-order valence-corrected chi connectivity index (χ4v) is 1.97. The van der Waals surface area contributed by atoms with Gasteiger partial charge in [0.05, 0.1) is 18.2 Å². The molecule has 0 aliphatic heterocycles. The third kappa shape index (κ3) is 2.56. The van der Waals surface area contributed by atoms with Crippen LogP contribution < -0.4 is 5.73 Å². The molecule has 1 aromatic carbocycles. The highest BCUT2D eigenvalue weighted by molar-refractivity contribution is 5.36. The molecule has 0 bridgehead atoms. The summed E-state index contributed by atoms with van der Waals surface area (Å²) in [6.45, 7) is 4.16. The lowest BCUT2D eigenvalue weighted by Gasteiger charge is -2.11. The second-order valence-electron chi connectivity index (χ2n) is 4.39. The van der Waals surface area contributed by atoms with Crippen molar-refractivity contribution in [1.29, 1.82) is 0 Å². The first-order chi connectivity index (χ1) is 8.22. The van der Waals surface area contributed by atoms with Crippen LogP contribution in [-0.2, 0) is 6.42 Å². The summed E-state index contributed by atoms with van der Waals surface area (Å²) in [5, 5.41) is 0. The van der Waals surface area contributed by atoms with E-state index >= 15 is 0 Å². The first-order valence-electron chi connectivity index (χ1n) is 6.09. The van der Waals surface area contributed by atoms with Gasteiger partial charge in [-0.3, -0.25) is 0 Å². The van der Waals surface area contributed by atoms with E-state index in [0.29, 0.717) is 0 Å². The van der Waals surface area contributed by atoms with E-state index in [4.69, 9.17) is 5.73 Å². The average Bonchev–Trinajstić information content (AvgIpc) is 2.79. The van der Waals surface area contributed by atoms with Crippen molar-refractivity contribution in [1.82, 2.24) is 9.55 Å². The first-order valence-corrected chi connectivity index (χ1v) is 6.09. The summed E-state index contributed by atoms with van der Waals surface area (Å²) in [7, 11) is 0. The van der Waals surface area contributed by atoms with Gasteiger partial charge in [0.15, 0.2) is 0 Å². The zero-order chi connectivity index (χ0) is 12.3. The molecule has 0 aliphatic rings. The van der Waals surface area contributed by atoms with Crippen LogP contribution in [0.3, 0.4) is 0 Å². The molecule has 90 valence electrons. The summed E-state index contributed by atoms with van der Waals surface area (Å²) in [6, 6.07) is 8.58. The molecule has 0 saturated heterocycles. The standard InChI is InChI=1S/C14H19N3/c1-3-4-12-5-7-13(8-6-12)17-10-16-9-14(17)11(2)15/h5-11H,3-4,15H2,1-2H3/t11-/m1/s1. The maximum atomic E-state index is 5.91. The van der Waals surface area contributed by atoms with Gasteiger partial charge in [-0.2, -0.15) is 0 Å². The number of hydrogen-bond acceptors (Lipinski definition) is 2. The van der Waals surface area contributed by atoms with Crippen molar-refractivity contribution in [2.24, 2.45) is 5.73 Å². The smallest absolute Gasteiger partial charge is 0.0994 e. The van der Waals surface area contributed by atoms with E-state index < -0.39 is 0 Å². The van der Waals surface area contributed by atoms with Crippen LogP contribution in [0.4, 0.5) is 0 Å². The van der Waals surface area contributed by atoms with E-state index in [2.05, 4.69) is 36.2 Å². The molecule has 3 heteroatoms. The fourth-order valence-electron chi connectivity index (χ4n) is 1.97. The number of nitrogens with two attached hydrogens (primary N) is 1. The minimum Gasteiger partial charge on any atom is -0.323 e. The highest BCUT2D eigenvalue weighted by Crippen LogP contribution is 2.16. The van der Waals surface area contributed by atoms with E-state index in [-0.39, 0.29) is 6.04 Å². The molecule has 2 rings (SSSR count). The lowest BCUT2D eigenvalue weighted by atomic mass is 10.1. The predicted octanol–water partition coefficient (Wildman–Crippen LogP) is 2.84. The van der Waals surface area contributed by atoms with E-state index in [1.807, 2.05) is 24.0 Å². The van der Waals surface area contributed by atoms with Crippen LogP contribution in [0.25, 0.3) is 5.69 Å². The van der Waals surface area contributed by atoms with Crippen molar-refractivity contribution in [2.45, 2.75) is 32.7 Å². The summed E-state index contributed by atoms with van der Waals surface area (Å²) in [5.41, 5.74) is 9.44. The van der Waals surface area contributed by atoms with Gasteiger partial charge in [-0.1, -0.05) is 25.5 Å². The molecule has 0 aliphatic carbocycles. The number of rotatable bonds is 4. The Labute approximate surface area is 102 Å². The minimum atomic E-state index is -0.00665. The highest BCUT2D eigenvalue weighted by Gasteiger charge is 2.07. The topological polar surface area (TPSA) is 43.8 Å². The molecule has 2 N–H and O–H groups in total. The van der Waals surface area contributed by atoms with Gasteiger partial charge in [0.2, 0.25) is 0 Å². The molecule has 0 fully saturated rings. The third-order valence-electron chi connectivity index (χ3n) is 2.89. The second kappa shape index (κ2) is 5.15. The van der Waals surface area contributed by atoms with Crippen molar-refractivity contribution in [3.63, 3.8) is 0 Å². The van der Waals surface area contributed by atoms with Gasteiger partial charge in [-0.15, -0.1) is 0 Å². The molecule has 17 heavy (non-hydrogen) atoms. The van der Waals surface area contributed by atoms with Crippen molar-refractivity contribution in [3.05, 3.63) is 48.0 Å². The SMILES string of the molecule is CCCc1ccc(-n2cncc2[C@@H](C)N)cc1. The largest absolute Gasteiger partial charge is 0.323 e. The van der Waals surface area contributed by atoms with Crippen molar-refractivity contribution >= 4 is 0 Å². The van der Waals surface area contributed by atoms with Crippen LogP contribution >= 0.6 is 0 Å². The van der Waals surface area contributed by atoms with Gasteiger partial charge in [0, 0.05) is 11.7 Å². The predicted molar refractivity (Wildman–Crippen MR) is 70.2 cm³/mol. The zero-order valence-corrected chi connectivity index (χ0v) is 10.4. The van der Waals surface area contributed by atoms with Crippen LogP contribution in [-0.4, -0.2) is 9.55 Å². The number of nitrogens with zero attached hydrogens (tertiary/aromatic N) is 2. The van der Waals surface area contributed by atoms with Crippen molar-refractivity contribution in [3.8, 4) is 5.69 Å². The molecule has 0 amide bonds. The Hall–Kier alpha value is -1.61. The van der Waals surface area contributed by atoms with Gasteiger partial charge in [0.1, 0.15) is 0 Å². The molecule has 3 nitrogen and oxygen atoms in total. The van der Waals surface area contributed by atoms with Crippen molar-refractivity contribution < 1.29 is 0 Å². The van der Waals surface area contributed by atoms with Crippen LogP contribution in [0, 0.1) is 0 Å². The van der Waals surface area contributed by atoms with Crippen LogP contribution in [0.1, 0.15) is 37.6 Å². The van der Waals surface area contributed by atoms with Crippen LogP contribution in [0.2, 0.25) is 0 Å². The van der Waals surface area contributed by atoms with Gasteiger partial charge >= 0.3 is 0 Å². The number of aryl methyl sites for hydroxylation is 1. The number of benzene rings is 1. The summed E-state index contributed by atoms with van der Waals surface area (Å²) in [5.74, 6) is 0. The molecule has 0 radical (unpaired) electrons. The maximum absolute atomic E-state index is 5.91. The van der Waals surface area contributed by atoms with E-state index in [1.165, 1.54) is 12.0 Å². The molecule has 1 heterocycles. The van der Waals surface area contributed by atoms with Crippen molar-refractivity contribution in [2.75, 3.05) is 0 Å². The minimum absolute atomic E-state index is 0.00665. The van der Waals surface area contributed by atoms with Crippen LogP contribution in [0.15, 0.2) is 36.8 Å². The Morgan fingerprint density at radius 2 is 2.00 bits per heavy atom. The van der Waals surface area contributed by atoms with Crippen LogP contribution in [0.5, 0.6) is 0 Å². The molecule has 1 atom stereocenters. The molecule has 2 aromatic rings. The average molecular weight is 229 g/mol. The van der Waals surface area contributed by atoms with Gasteiger partial charge in [-0.25, -0.2) is 4.98 Å². The normalized spacial score (nSPS) is 12.6. The first kappa shape index (κ1) is 11.9. The molecular weight excluding hydrogens is 210 g/mol. The van der Waals surface area contributed by atoms with Gasteiger partial charge < -0.3 is 10.3 Å². The Morgan fingerprint density at radius 1 is 1.29 bits per heavy atom. The molecule has 1 aromatic heterocycles. The van der Waals surface area contributed by atoms with E-state index in [9.17, 15) is 0 Å². The molecule has 0 spiro atoms. The van der Waals surface area contributed by atoms with Gasteiger partial charge in [-0.05, 0) is 31.0 Å². The lowest BCUT2D eigenvalue weighted by molar-refractivity contribution is 0.752. The third-order valence-corrected chi connectivity index (χ3v) is 2.89. The lowest BCUT2D eigenvalue weighted by Crippen LogP contribution is -2.10. The molecular formula is C14H19N3. The second-order valence-corrected chi connectivity index (χ2v) is 4.39. The Morgan fingerprint density at radius 3 is 2.59 bits per heavy atom. The summed E-state index contributed by atoms with van der Waals surface area (Å²) in [6.07, 6.45) is 5.94.